The van der Waals surface area contributed by atoms with Crippen LogP contribution in [-0.2, 0) is 19.2 Å². The van der Waals surface area contributed by atoms with Crippen LogP contribution >= 0.6 is 22.7 Å². The molecule has 11 rings (SSSR count). The minimum Gasteiger partial charge on any atom is -0.490 e. The molecule has 3 aliphatic heterocycles. The molecular weight excluding hydrogens is 1070 g/mol. The molecule has 1 aliphatic carbocycles. The molecule has 5 N–H and O–H groups in total. The normalized spacial score (nSPS) is 21.3. The Hall–Kier alpha value is -7.75. The van der Waals surface area contributed by atoms with Crippen LogP contribution in [0.4, 0.5) is 5.69 Å². The van der Waals surface area contributed by atoms with E-state index in [1.54, 1.807) is 46.9 Å². The zero-order valence-electron chi connectivity index (χ0n) is 46.5. The monoisotopic (exact) mass is 1130 g/mol. The van der Waals surface area contributed by atoms with E-state index in [9.17, 15) is 34.2 Å². The van der Waals surface area contributed by atoms with Crippen molar-refractivity contribution in [3.05, 3.63) is 129 Å². The highest BCUT2D eigenvalue weighted by Gasteiger charge is 2.45. The molecule has 4 aliphatic rings. The van der Waals surface area contributed by atoms with Gasteiger partial charge in [0.05, 0.1) is 46.3 Å². The zero-order chi connectivity index (χ0) is 57.2. The van der Waals surface area contributed by atoms with E-state index in [0.29, 0.717) is 54.2 Å². The Morgan fingerprint density at radius 3 is 2.33 bits per heavy atom. The number of benzene rings is 3. The molecule has 3 aromatic carbocycles. The van der Waals surface area contributed by atoms with Crippen molar-refractivity contribution in [2.75, 3.05) is 24.5 Å². The average molecular weight is 1140 g/mol. The number of fused-ring (bicyclic) bond motifs is 4. The Kier molecular flexibility index (Phi) is 15.0. The number of ether oxygens (including phenoxy) is 1. The number of anilines is 1. The molecule has 4 amide bonds. The standard InChI is InChI=1S/C60H66N10O9S2/c1-30-33(4)81-59-50(30)51(64-45(26-49(72)73)54-67-66-34(5)70(54)59)36-13-15-41(16-14-36)68-20-19-38(27-68)55(74)63-40-23-44(24-40)78-43-17-18-47-39(21-43)22-48(79-47)57(76)65-53(60(6,7)8)58(77)69-28-42(71)25-46(69)56(75)62-31(2)35-9-11-37(12-10-35)52-32(3)61-29-80-52/h9-18,21-22,29,31,38,40,42,44-46,53,71H,19-20,23-28H2,1-8H3,(H,62,75)(H,63,74)(H,65,76)(H,72,73)/t31-,38-,40?,42+,44?,45-,46-,53+/m0/s1. The number of furan rings is 1. The lowest BCUT2D eigenvalue weighted by molar-refractivity contribution is -0.142. The van der Waals surface area contributed by atoms with Gasteiger partial charge in [-0.05, 0) is 99.5 Å². The van der Waals surface area contributed by atoms with Crippen LogP contribution in [0, 0.1) is 39.0 Å². The number of hydrogen-bond donors (Lipinski definition) is 5. The number of aromatic nitrogens is 4. The highest BCUT2D eigenvalue weighted by Crippen LogP contribution is 2.41. The Morgan fingerprint density at radius 2 is 1.63 bits per heavy atom. The maximum absolute atomic E-state index is 14.4. The Bertz CT molecular complexity index is 3610. The van der Waals surface area contributed by atoms with Crippen molar-refractivity contribution in [2.45, 2.75) is 130 Å². The second-order valence-electron chi connectivity index (χ2n) is 23.0. The van der Waals surface area contributed by atoms with Gasteiger partial charge in [0.25, 0.3) is 5.91 Å². The first-order valence-corrected chi connectivity index (χ1v) is 29.2. The maximum atomic E-state index is 14.4. The van der Waals surface area contributed by atoms with Crippen LogP contribution in [0.25, 0.3) is 26.4 Å². The molecule has 4 aromatic heterocycles. The number of nitrogens with one attached hydrogen (secondary N) is 3. The first-order chi connectivity index (χ1) is 38.7. The fraction of sp³-hybridized carbons (Fsp3) is 0.417. The number of aliphatic hydroxyl groups is 1. The van der Waals surface area contributed by atoms with Crippen LogP contribution in [0.3, 0.4) is 0 Å². The summed E-state index contributed by atoms with van der Waals surface area (Å²) in [6, 6.07) is 19.8. The van der Waals surface area contributed by atoms with Crippen LogP contribution in [0.2, 0.25) is 0 Å². The van der Waals surface area contributed by atoms with Crippen molar-refractivity contribution in [3.63, 3.8) is 0 Å². The largest absolute Gasteiger partial charge is 0.490 e. The van der Waals surface area contributed by atoms with E-state index in [4.69, 9.17) is 14.1 Å². The van der Waals surface area contributed by atoms with Crippen LogP contribution in [0.1, 0.15) is 127 Å². The topological polar surface area (TPSA) is 247 Å². The minimum atomic E-state index is -1.06. The first kappa shape index (κ1) is 55.2. The summed E-state index contributed by atoms with van der Waals surface area (Å²) in [4.78, 5) is 83.0. The smallest absolute Gasteiger partial charge is 0.306 e. The number of nitrogens with zero attached hydrogens (tertiary/aromatic N) is 7. The molecule has 0 radical (unpaired) electrons. The summed E-state index contributed by atoms with van der Waals surface area (Å²) < 4.78 is 14.3. The molecular formula is C60H66N10O9S2. The van der Waals surface area contributed by atoms with Crippen molar-refractivity contribution < 1.29 is 43.3 Å². The van der Waals surface area contributed by atoms with E-state index in [1.807, 2.05) is 100 Å². The number of carbonyl (C=O) groups is 5. The van der Waals surface area contributed by atoms with Gasteiger partial charge in [-0.25, -0.2) is 4.98 Å². The number of aryl methyl sites for hydroxylation is 3. The van der Waals surface area contributed by atoms with E-state index in [-0.39, 0.29) is 55.2 Å². The predicted molar refractivity (Wildman–Crippen MR) is 308 cm³/mol. The molecule has 0 spiro atoms. The predicted octanol–water partition coefficient (Wildman–Crippen LogP) is 8.34. The number of thiazole rings is 1. The number of β-amino-alcohol motifs (C(OH)–C–C–N with tert-alkyl or cyclic N) is 1. The van der Waals surface area contributed by atoms with Crippen LogP contribution < -0.4 is 25.6 Å². The van der Waals surface area contributed by atoms with Crippen LogP contribution in [0.5, 0.6) is 5.75 Å². The number of thiophene rings is 1. The summed E-state index contributed by atoms with van der Waals surface area (Å²) in [7, 11) is 0. The number of aliphatic imine (C=N–C) groups is 1. The second-order valence-corrected chi connectivity index (χ2v) is 25.0. The summed E-state index contributed by atoms with van der Waals surface area (Å²) in [5.74, 6) is -0.834. The van der Waals surface area contributed by atoms with Gasteiger partial charge in [-0.15, -0.1) is 32.9 Å². The van der Waals surface area contributed by atoms with Crippen LogP contribution in [0.15, 0.2) is 87.7 Å². The minimum absolute atomic E-state index is 0.00152. The van der Waals surface area contributed by atoms with Gasteiger partial charge in [-0.1, -0.05) is 57.2 Å². The van der Waals surface area contributed by atoms with Gasteiger partial charge in [0.15, 0.2) is 11.6 Å². The molecule has 2 saturated heterocycles. The summed E-state index contributed by atoms with van der Waals surface area (Å²) in [6.07, 6.45) is 0.792. The molecule has 6 atom stereocenters. The van der Waals surface area contributed by atoms with Gasteiger partial charge in [0, 0.05) is 72.0 Å². The van der Waals surface area contributed by atoms with E-state index in [0.717, 1.165) is 66.2 Å². The molecule has 7 aromatic rings. The quantitative estimate of drug-likeness (QED) is 0.0649. The third kappa shape index (κ3) is 11.1. The number of carboxylic acid groups (broad SMARTS) is 1. The fourth-order valence-corrected chi connectivity index (χ4v) is 13.5. The number of carboxylic acids is 1. The lowest BCUT2D eigenvalue weighted by atomic mass is 9.85. The van der Waals surface area contributed by atoms with Gasteiger partial charge in [0.1, 0.15) is 46.4 Å². The van der Waals surface area contributed by atoms with Gasteiger partial charge >= 0.3 is 5.97 Å². The fourth-order valence-electron chi connectivity index (χ4n) is 11.4. The zero-order valence-corrected chi connectivity index (χ0v) is 48.1. The van der Waals surface area contributed by atoms with Gasteiger partial charge in [-0.3, -0.25) is 33.5 Å². The summed E-state index contributed by atoms with van der Waals surface area (Å²) in [5.41, 5.74) is 8.97. The number of rotatable bonds is 15. The molecule has 81 heavy (non-hydrogen) atoms. The number of carbonyl (C=O) groups excluding carboxylic acids is 4. The number of aliphatic hydroxyl groups excluding tert-OH is 1. The van der Waals surface area contributed by atoms with E-state index in [1.165, 1.54) is 4.90 Å². The van der Waals surface area contributed by atoms with Crippen molar-refractivity contribution in [1.82, 2.24) is 40.6 Å². The second kappa shape index (κ2) is 22.0. The summed E-state index contributed by atoms with van der Waals surface area (Å²) >= 11 is 3.19. The summed E-state index contributed by atoms with van der Waals surface area (Å²) in [6.45, 7) is 16.6. The Balaban J connectivity index is 0.668. The van der Waals surface area contributed by atoms with Crippen molar-refractivity contribution in [3.8, 4) is 21.2 Å². The van der Waals surface area contributed by atoms with Gasteiger partial charge in [0.2, 0.25) is 17.7 Å². The third-order valence-electron chi connectivity index (χ3n) is 16.2. The van der Waals surface area contributed by atoms with E-state index < -0.39 is 53.3 Å². The average Bonchev–Trinajstić information content (AvgIpc) is 4.36. The lowest BCUT2D eigenvalue weighted by Crippen LogP contribution is -2.57. The highest BCUT2D eigenvalue weighted by molar-refractivity contribution is 7.15. The molecule has 19 nitrogen and oxygen atoms in total. The maximum Gasteiger partial charge on any atom is 0.306 e. The SMILES string of the molecule is Cc1ncsc1-c1ccc([C@H](C)NC(=O)[C@@H]2C[C@@H](O)CN2C(=O)[C@@H](NC(=O)c2cc3cc(OC4CC(NC(=O)[C@H]5CCN(c6ccc(C7=N[C@@H](CC(=O)O)c8nnc(C)n8-c8sc(C)c(C)c87)cc6)C5)C4)ccc3o2)C(C)(C)C)cc1. The van der Waals surface area contributed by atoms with Crippen molar-refractivity contribution >= 4 is 74.6 Å². The first-order valence-electron chi connectivity index (χ1n) is 27.5. The van der Waals surface area contributed by atoms with Crippen molar-refractivity contribution in [1.29, 1.82) is 0 Å². The van der Waals surface area contributed by atoms with E-state index in [2.05, 4.69) is 49.9 Å². The molecule has 422 valence electrons. The van der Waals surface area contributed by atoms with Crippen molar-refractivity contribution in [2.24, 2.45) is 16.3 Å². The summed E-state index contributed by atoms with van der Waals surface area (Å²) in [5, 5.41) is 40.0. The molecule has 3 fully saturated rings. The third-order valence-corrected chi connectivity index (χ3v) is 18.3. The van der Waals surface area contributed by atoms with E-state index >= 15 is 0 Å². The lowest BCUT2D eigenvalue weighted by Gasteiger charge is -2.36. The molecule has 0 bridgehead atoms. The molecule has 1 saturated carbocycles. The van der Waals surface area contributed by atoms with Gasteiger partial charge in [-0.2, -0.15) is 0 Å². The molecule has 7 heterocycles. The Labute approximate surface area is 476 Å². The van der Waals surface area contributed by atoms with Crippen LogP contribution in [-0.4, -0.2) is 120 Å². The number of hydrogen-bond acceptors (Lipinski definition) is 15. The number of amides is 4. The molecule has 0 unspecified atom stereocenters. The van der Waals surface area contributed by atoms with Gasteiger partial charge < -0.3 is 45.1 Å². The Morgan fingerprint density at radius 1 is 0.889 bits per heavy atom. The number of likely N-dealkylation sites (tertiary alicyclic amines) is 1. The number of aliphatic carboxylic acids is 1. The molecule has 21 heteroatoms. The highest BCUT2D eigenvalue weighted by atomic mass is 32.1.